The Labute approximate surface area is 187 Å². The molecule has 0 aliphatic carbocycles. The molecule has 7 heteroatoms. The Morgan fingerprint density at radius 1 is 0.778 bits per heavy atom. The van der Waals surface area contributed by atoms with Crippen LogP contribution in [-0.4, -0.2) is 34.1 Å². The summed E-state index contributed by atoms with van der Waals surface area (Å²) in [6.45, 7) is 2.23. The normalized spacial score (nSPS) is 11.4. The number of carbonyl (C=O) groups is 3. The molecule has 0 aromatic heterocycles. The molecule has 0 rings (SSSR count). The maximum Gasteiger partial charge on any atom is 1.00 e. The number of unbranched alkanes of at least 4 members (excludes halogenated alkanes) is 12. The summed E-state index contributed by atoms with van der Waals surface area (Å²) >= 11 is 0. The van der Waals surface area contributed by atoms with Crippen LogP contribution in [0.3, 0.4) is 0 Å². The first-order valence-electron chi connectivity index (χ1n) is 10.2. The molecule has 154 valence electrons. The van der Waals surface area contributed by atoms with E-state index in [0.29, 0.717) is 6.42 Å². The number of nitrogens with one attached hydrogen (secondary N) is 1. The average Bonchev–Trinajstić information content (AvgIpc) is 2.58. The molecule has 0 radical (unpaired) electrons. The summed E-state index contributed by atoms with van der Waals surface area (Å²) in [5.41, 5.74) is 0. The minimum Gasteiger partial charge on any atom is -1.00 e. The quantitative estimate of drug-likeness (QED) is 0.242. The zero-order chi connectivity index (χ0) is 19.6. The van der Waals surface area contributed by atoms with Gasteiger partial charge in [-0.25, -0.2) is 4.79 Å². The van der Waals surface area contributed by atoms with Gasteiger partial charge in [0.15, 0.2) is 0 Å². The molecule has 3 N–H and O–H groups in total. The first-order chi connectivity index (χ1) is 12.5. The van der Waals surface area contributed by atoms with E-state index in [-0.39, 0.29) is 43.3 Å². The van der Waals surface area contributed by atoms with Crippen molar-refractivity contribution >= 4 is 17.8 Å². The standard InChI is InChI=1S/C20H37NO5.Na.H/c1-2-3-4-5-6-7-8-9-10-11-12-13-14-15-18(22)21-17(20(25)26)16-19(23)24;;/h17H,2-16H2,1H3,(H,21,22)(H,23,24)(H,25,26);;/q;+1;-1. The number of rotatable bonds is 18. The van der Waals surface area contributed by atoms with E-state index in [1.165, 1.54) is 64.2 Å². The molecule has 1 atom stereocenters. The molecule has 0 spiro atoms. The number of aliphatic carboxylic acids is 2. The zero-order valence-electron chi connectivity index (χ0n) is 18.3. The van der Waals surface area contributed by atoms with Crippen molar-refractivity contribution in [3.63, 3.8) is 0 Å². The fourth-order valence-electron chi connectivity index (χ4n) is 2.94. The van der Waals surface area contributed by atoms with Gasteiger partial charge in [-0.1, -0.05) is 84.0 Å². The maximum absolute atomic E-state index is 11.7. The molecule has 0 heterocycles. The first kappa shape index (κ1) is 28.6. The van der Waals surface area contributed by atoms with Crippen molar-refractivity contribution in [2.45, 2.75) is 109 Å². The molecule has 0 bridgehead atoms. The fourth-order valence-corrected chi connectivity index (χ4v) is 2.94. The van der Waals surface area contributed by atoms with Gasteiger partial charge in [-0.3, -0.25) is 9.59 Å². The van der Waals surface area contributed by atoms with E-state index in [1.807, 2.05) is 0 Å². The van der Waals surface area contributed by atoms with Crippen molar-refractivity contribution in [1.82, 2.24) is 5.32 Å². The molecular formula is C20H38NNaO5. The number of hydrogen-bond acceptors (Lipinski definition) is 3. The third-order valence-corrected chi connectivity index (χ3v) is 4.52. The van der Waals surface area contributed by atoms with Crippen LogP contribution in [0.1, 0.15) is 105 Å². The van der Waals surface area contributed by atoms with E-state index in [0.717, 1.165) is 12.8 Å². The van der Waals surface area contributed by atoms with Crippen LogP contribution in [-0.2, 0) is 14.4 Å². The van der Waals surface area contributed by atoms with Crippen molar-refractivity contribution in [2.24, 2.45) is 0 Å². The molecular weight excluding hydrogens is 357 g/mol. The van der Waals surface area contributed by atoms with Gasteiger partial charge in [0.25, 0.3) is 0 Å². The van der Waals surface area contributed by atoms with Crippen LogP contribution in [0.15, 0.2) is 0 Å². The summed E-state index contributed by atoms with van der Waals surface area (Å²) in [7, 11) is 0. The summed E-state index contributed by atoms with van der Waals surface area (Å²) in [5, 5.41) is 19.8. The Hall–Kier alpha value is -0.590. The number of carbonyl (C=O) groups excluding carboxylic acids is 1. The number of amides is 1. The summed E-state index contributed by atoms with van der Waals surface area (Å²) in [4.78, 5) is 33.1. The number of hydrogen-bond donors (Lipinski definition) is 3. The van der Waals surface area contributed by atoms with Crippen molar-refractivity contribution in [3.05, 3.63) is 0 Å². The Morgan fingerprint density at radius 3 is 1.56 bits per heavy atom. The minimum atomic E-state index is -1.35. The summed E-state index contributed by atoms with van der Waals surface area (Å²) in [6, 6.07) is -1.35. The van der Waals surface area contributed by atoms with Crippen molar-refractivity contribution in [1.29, 1.82) is 0 Å². The Kier molecular flexibility index (Phi) is 21.4. The second-order valence-corrected chi connectivity index (χ2v) is 7.05. The van der Waals surface area contributed by atoms with Crippen LogP contribution in [0, 0.1) is 0 Å². The fraction of sp³-hybridized carbons (Fsp3) is 0.850. The van der Waals surface area contributed by atoms with E-state index in [9.17, 15) is 14.4 Å². The van der Waals surface area contributed by atoms with Crippen molar-refractivity contribution < 1.29 is 55.6 Å². The molecule has 27 heavy (non-hydrogen) atoms. The molecule has 0 saturated heterocycles. The van der Waals surface area contributed by atoms with Crippen LogP contribution in [0.2, 0.25) is 0 Å². The number of carboxylic acid groups (broad SMARTS) is 2. The molecule has 0 fully saturated rings. The smallest absolute Gasteiger partial charge is 1.00 e. The van der Waals surface area contributed by atoms with Gasteiger partial charge in [0.1, 0.15) is 6.04 Å². The van der Waals surface area contributed by atoms with Gasteiger partial charge in [0, 0.05) is 6.42 Å². The Morgan fingerprint density at radius 2 is 1.19 bits per heavy atom. The molecule has 0 aliphatic heterocycles. The monoisotopic (exact) mass is 395 g/mol. The Balaban J connectivity index is -0.00000312. The van der Waals surface area contributed by atoms with Gasteiger partial charge in [-0.05, 0) is 6.42 Å². The van der Waals surface area contributed by atoms with Gasteiger partial charge in [0.05, 0.1) is 6.42 Å². The van der Waals surface area contributed by atoms with Crippen LogP contribution < -0.4 is 34.9 Å². The third-order valence-electron chi connectivity index (χ3n) is 4.52. The minimum absolute atomic E-state index is 0. The topological polar surface area (TPSA) is 104 Å². The summed E-state index contributed by atoms with van der Waals surface area (Å²) in [5.74, 6) is -2.94. The molecule has 1 unspecified atom stereocenters. The zero-order valence-corrected chi connectivity index (χ0v) is 19.3. The summed E-state index contributed by atoms with van der Waals surface area (Å²) in [6.07, 6.45) is 15.5. The van der Waals surface area contributed by atoms with Gasteiger partial charge in [-0.2, -0.15) is 0 Å². The van der Waals surface area contributed by atoms with E-state index in [2.05, 4.69) is 12.2 Å². The predicted octanol–water partition coefficient (Wildman–Crippen LogP) is 1.63. The van der Waals surface area contributed by atoms with Crippen LogP contribution in [0.4, 0.5) is 0 Å². The van der Waals surface area contributed by atoms with Crippen LogP contribution in [0.5, 0.6) is 0 Å². The molecule has 0 aromatic carbocycles. The first-order valence-corrected chi connectivity index (χ1v) is 10.2. The maximum atomic E-state index is 11.7. The summed E-state index contributed by atoms with van der Waals surface area (Å²) < 4.78 is 0. The molecule has 0 saturated carbocycles. The molecule has 0 aliphatic rings. The predicted molar refractivity (Wildman–Crippen MR) is 103 cm³/mol. The van der Waals surface area contributed by atoms with Gasteiger partial charge < -0.3 is 17.0 Å². The Bertz CT molecular complexity index is 410. The van der Waals surface area contributed by atoms with Crippen LogP contribution >= 0.6 is 0 Å². The van der Waals surface area contributed by atoms with E-state index >= 15 is 0 Å². The molecule has 1 amide bonds. The number of carboxylic acids is 2. The average molecular weight is 396 g/mol. The molecule has 0 aromatic rings. The van der Waals surface area contributed by atoms with Gasteiger partial charge >= 0.3 is 41.5 Å². The van der Waals surface area contributed by atoms with Gasteiger partial charge in [0.2, 0.25) is 5.91 Å². The third kappa shape index (κ3) is 20.0. The largest absolute Gasteiger partial charge is 1.00 e. The van der Waals surface area contributed by atoms with Crippen molar-refractivity contribution in [2.75, 3.05) is 0 Å². The van der Waals surface area contributed by atoms with E-state index in [1.54, 1.807) is 0 Å². The van der Waals surface area contributed by atoms with E-state index in [4.69, 9.17) is 10.2 Å². The SMILES string of the molecule is CCCCCCCCCCCCCCCC(=O)NC(CC(=O)O)C(=O)O.[H-].[Na+]. The van der Waals surface area contributed by atoms with Crippen LogP contribution in [0.25, 0.3) is 0 Å². The van der Waals surface area contributed by atoms with Gasteiger partial charge in [-0.15, -0.1) is 0 Å². The van der Waals surface area contributed by atoms with Crippen molar-refractivity contribution in [3.8, 4) is 0 Å². The second-order valence-electron chi connectivity index (χ2n) is 7.05. The second kappa shape index (κ2) is 20.2. The van der Waals surface area contributed by atoms with E-state index < -0.39 is 24.4 Å². The molecule has 6 nitrogen and oxygen atoms in total.